The van der Waals surface area contributed by atoms with E-state index in [9.17, 15) is 0 Å². The van der Waals surface area contributed by atoms with Crippen LogP contribution in [0.15, 0.2) is 0 Å². The maximum absolute atomic E-state index is 2.56. The van der Waals surface area contributed by atoms with E-state index < -0.39 is 0 Å². The Hall–Kier alpha value is -0.110. The van der Waals surface area contributed by atoms with Crippen molar-refractivity contribution in [3.63, 3.8) is 0 Å². The highest BCUT2D eigenvalue weighted by molar-refractivity contribution is 4.70. The number of piperidine rings is 1. The van der Waals surface area contributed by atoms with Gasteiger partial charge in [0.15, 0.2) is 0 Å². The SMILES string of the molecule is CCCC1CCN(CC)CC1.F. The van der Waals surface area contributed by atoms with Gasteiger partial charge in [-0.3, -0.25) is 4.70 Å². The Morgan fingerprint density at radius 3 is 2.17 bits per heavy atom. The van der Waals surface area contributed by atoms with Gasteiger partial charge in [-0.2, -0.15) is 0 Å². The molecule has 0 aliphatic carbocycles. The Morgan fingerprint density at radius 2 is 1.75 bits per heavy atom. The topological polar surface area (TPSA) is 3.24 Å². The van der Waals surface area contributed by atoms with Crippen LogP contribution >= 0.6 is 0 Å². The van der Waals surface area contributed by atoms with E-state index in [2.05, 4.69) is 18.7 Å². The zero-order valence-corrected chi connectivity index (χ0v) is 8.38. The third kappa shape index (κ3) is 3.53. The van der Waals surface area contributed by atoms with Gasteiger partial charge in [0.2, 0.25) is 0 Å². The average molecular weight is 175 g/mol. The summed E-state index contributed by atoms with van der Waals surface area (Å²) in [6, 6.07) is 0. The van der Waals surface area contributed by atoms with Crippen molar-refractivity contribution in [3.8, 4) is 0 Å². The van der Waals surface area contributed by atoms with E-state index in [1.54, 1.807) is 0 Å². The predicted molar refractivity (Wildman–Crippen MR) is 52.2 cm³/mol. The second-order valence-corrected chi connectivity index (χ2v) is 3.67. The summed E-state index contributed by atoms with van der Waals surface area (Å²) < 4.78 is 0. The van der Waals surface area contributed by atoms with Gasteiger partial charge in [-0.05, 0) is 38.4 Å². The van der Waals surface area contributed by atoms with Crippen LogP contribution < -0.4 is 0 Å². The summed E-state index contributed by atoms with van der Waals surface area (Å²) in [6.07, 6.45) is 5.72. The normalized spacial score (nSPS) is 20.5. The van der Waals surface area contributed by atoms with Crippen LogP contribution in [0, 0.1) is 5.92 Å². The van der Waals surface area contributed by atoms with Crippen molar-refractivity contribution < 1.29 is 4.70 Å². The van der Waals surface area contributed by atoms with Crippen molar-refractivity contribution >= 4 is 0 Å². The summed E-state index contributed by atoms with van der Waals surface area (Å²) in [4.78, 5) is 2.56. The molecular formula is C10H22FN. The second-order valence-electron chi connectivity index (χ2n) is 3.67. The first-order valence-corrected chi connectivity index (χ1v) is 5.09. The molecule has 1 aliphatic heterocycles. The number of hydrogen-bond donors (Lipinski definition) is 0. The van der Waals surface area contributed by atoms with Crippen LogP contribution in [0.25, 0.3) is 0 Å². The zero-order chi connectivity index (χ0) is 8.10. The molecule has 0 aromatic carbocycles. The van der Waals surface area contributed by atoms with Gasteiger partial charge in [0.25, 0.3) is 0 Å². The van der Waals surface area contributed by atoms with Crippen LogP contribution in [0.4, 0.5) is 4.70 Å². The van der Waals surface area contributed by atoms with Crippen molar-refractivity contribution in [3.05, 3.63) is 0 Å². The highest BCUT2D eigenvalue weighted by atomic mass is 19.0. The van der Waals surface area contributed by atoms with Crippen molar-refractivity contribution in [2.24, 2.45) is 5.92 Å². The minimum Gasteiger partial charge on any atom is -0.304 e. The Morgan fingerprint density at radius 1 is 1.17 bits per heavy atom. The van der Waals surface area contributed by atoms with E-state index in [-0.39, 0.29) is 4.70 Å². The van der Waals surface area contributed by atoms with E-state index >= 15 is 0 Å². The fraction of sp³-hybridized carbons (Fsp3) is 1.00. The van der Waals surface area contributed by atoms with Gasteiger partial charge in [-0.1, -0.05) is 26.7 Å². The Balaban J connectivity index is 0.00000121. The predicted octanol–water partition coefficient (Wildman–Crippen LogP) is 2.67. The summed E-state index contributed by atoms with van der Waals surface area (Å²) >= 11 is 0. The molecule has 0 unspecified atom stereocenters. The van der Waals surface area contributed by atoms with Crippen LogP contribution in [-0.4, -0.2) is 24.5 Å². The molecule has 0 N–H and O–H groups in total. The van der Waals surface area contributed by atoms with E-state index in [1.165, 1.54) is 45.3 Å². The molecular weight excluding hydrogens is 153 g/mol. The van der Waals surface area contributed by atoms with Crippen LogP contribution in [0.3, 0.4) is 0 Å². The summed E-state index contributed by atoms with van der Waals surface area (Å²) in [5.74, 6) is 1.04. The molecule has 1 rings (SSSR count). The van der Waals surface area contributed by atoms with E-state index in [0.29, 0.717) is 0 Å². The number of hydrogen-bond acceptors (Lipinski definition) is 1. The van der Waals surface area contributed by atoms with Gasteiger partial charge in [0.1, 0.15) is 0 Å². The molecule has 1 heterocycles. The molecule has 0 amide bonds. The second kappa shape index (κ2) is 6.41. The zero-order valence-electron chi connectivity index (χ0n) is 8.38. The molecule has 0 saturated carbocycles. The molecule has 0 aromatic rings. The summed E-state index contributed by atoms with van der Waals surface area (Å²) in [6.45, 7) is 8.51. The van der Waals surface area contributed by atoms with Gasteiger partial charge in [-0.15, -0.1) is 0 Å². The van der Waals surface area contributed by atoms with Crippen LogP contribution in [0.1, 0.15) is 39.5 Å². The molecule has 74 valence electrons. The van der Waals surface area contributed by atoms with Crippen LogP contribution in [-0.2, 0) is 0 Å². The van der Waals surface area contributed by atoms with E-state index in [1.807, 2.05) is 0 Å². The molecule has 1 fully saturated rings. The standard InChI is InChI=1S/C10H21N.FH/c1-3-5-10-6-8-11(4-2)9-7-10;/h10H,3-9H2,1-2H3;1H. The Bertz CT molecular complexity index is 98.0. The highest BCUT2D eigenvalue weighted by Crippen LogP contribution is 2.20. The van der Waals surface area contributed by atoms with Crippen LogP contribution in [0.5, 0.6) is 0 Å². The lowest BCUT2D eigenvalue weighted by Crippen LogP contribution is -2.33. The molecule has 1 saturated heterocycles. The lowest BCUT2D eigenvalue weighted by Gasteiger charge is -2.30. The molecule has 1 nitrogen and oxygen atoms in total. The molecule has 0 spiro atoms. The number of nitrogens with zero attached hydrogens (tertiary/aromatic N) is 1. The smallest absolute Gasteiger partial charge is 0.00162 e. The summed E-state index contributed by atoms with van der Waals surface area (Å²) in [5, 5.41) is 0. The van der Waals surface area contributed by atoms with Crippen LogP contribution in [0.2, 0.25) is 0 Å². The fourth-order valence-corrected chi connectivity index (χ4v) is 2.00. The van der Waals surface area contributed by atoms with Gasteiger partial charge in [0.05, 0.1) is 0 Å². The van der Waals surface area contributed by atoms with Crippen molar-refractivity contribution in [1.82, 2.24) is 4.90 Å². The third-order valence-corrected chi connectivity index (χ3v) is 2.85. The van der Waals surface area contributed by atoms with Gasteiger partial charge >= 0.3 is 0 Å². The number of likely N-dealkylation sites (tertiary alicyclic amines) is 1. The van der Waals surface area contributed by atoms with Crippen molar-refractivity contribution in [2.45, 2.75) is 39.5 Å². The van der Waals surface area contributed by atoms with Crippen molar-refractivity contribution in [2.75, 3.05) is 19.6 Å². The van der Waals surface area contributed by atoms with Crippen molar-refractivity contribution in [1.29, 1.82) is 0 Å². The Kier molecular flexibility index (Phi) is 6.35. The van der Waals surface area contributed by atoms with Gasteiger partial charge in [-0.25, -0.2) is 0 Å². The fourth-order valence-electron chi connectivity index (χ4n) is 2.00. The van der Waals surface area contributed by atoms with E-state index in [0.717, 1.165) is 5.92 Å². The lowest BCUT2D eigenvalue weighted by atomic mass is 9.93. The van der Waals surface area contributed by atoms with Gasteiger partial charge in [0, 0.05) is 0 Å². The average Bonchev–Trinajstić information content (AvgIpc) is 2.07. The maximum Gasteiger partial charge on any atom is -0.00162 e. The molecule has 1 aliphatic rings. The summed E-state index contributed by atoms with van der Waals surface area (Å²) in [5.41, 5.74) is 0. The first-order chi connectivity index (χ1) is 5.36. The van der Waals surface area contributed by atoms with E-state index in [4.69, 9.17) is 0 Å². The molecule has 0 atom stereocenters. The highest BCUT2D eigenvalue weighted by Gasteiger charge is 2.16. The Labute approximate surface area is 75.5 Å². The first kappa shape index (κ1) is 11.9. The molecule has 2 heteroatoms. The molecule has 12 heavy (non-hydrogen) atoms. The minimum absolute atomic E-state index is 0. The number of halogens is 1. The van der Waals surface area contributed by atoms with Gasteiger partial charge < -0.3 is 4.90 Å². The maximum atomic E-state index is 2.56. The minimum atomic E-state index is 0. The monoisotopic (exact) mass is 175 g/mol. The molecule has 0 bridgehead atoms. The quantitative estimate of drug-likeness (QED) is 0.637. The first-order valence-electron chi connectivity index (χ1n) is 5.09. The molecule has 0 aromatic heterocycles. The summed E-state index contributed by atoms with van der Waals surface area (Å²) in [7, 11) is 0. The lowest BCUT2D eigenvalue weighted by molar-refractivity contribution is 0.186. The largest absolute Gasteiger partial charge is 0.304 e. The molecule has 0 radical (unpaired) electrons. The number of rotatable bonds is 3. The third-order valence-electron chi connectivity index (χ3n) is 2.85.